The van der Waals surface area contributed by atoms with Gasteiger partial charge in [-0.1, -0.05) is 30.3 Å². The molecule has 2 amide bonds. The molecular weight excluding hydrogens is 304 g/mol. The van der Waals surface area contributed by atoms with E-state index in [2.05, 4.69) is 0 Å². The quantitative estimate of drug-likeness (QED) is 0.849. The molecule has 1 aromatic carbocycles. The van der Waals surface area contributed by atoms with Crippen molar-refractivity contribution < 1.29 is 14.3 Å². The van der Waals surface area contributed by atoms with Crippen LogP contribution in [0.15, 0.2) is 30.3 Å². The van der Waals surface area contributed by atoms with E-state index in [0.717, 1.165) is 24.8 Å². The van der Waals surface area contributed by atoms with Crippen molar-refractivity contribution in [3.63, 3.8) is 0 Å². The molecule has 2 fully saturated rings. The average molecular weight is 330 g/mol. The zero-order valence-electron chi connectivity index (χ0n) is 14.5. The van der Waals surface area contributed by atoms with Gasteiger partial charge in [-0.3, -0.25) is 9.59 Å². The summed E-state index contributed by atoms with van der Waals surface area (Å²) >= 11 is 0. The first-order chi connectivity index (χ1) is 11.6. The van der Waals surface area contributed by atoms with Gasteiger partial charge in [0, 0.05) is 32.3 Å². The number of rotatable bonds is 4. The molecule has 0 aromatic heterocycles. The van der Waals surface area contributed by atoms with E-state index >= 15 is 0 Å². The van der Waals surface area contributed by atoms with Gasteiger partial charge in [-0.15, -0.1) is 0 Å². The van der Waals surface area contributed by atoms with Crippen molar-refractivity contribution >= 4 is 11.8 Å². The van der Waals surface area contributed by atoms with Gasteiger partial charge >= 0.3 is 0 Å². The number of hydrogen-bond acceptors (Lipinski definition) is 3. The maximum atomic E-state index is 12.8. The predicted molar refractivity (Wildman–Crippen MR) is 91.6 cm³/mol. The minimum Gasteiger partial charge on any atom is -0.372 e. The number of piperidine rings is 1. The van der Waals surface area contributed by atoms with Gasteiger partial charge in [0.2, 0.25) is 11.8 Å². The van der Waals surface area contributed by atoms with Crippen LogP contribution in [0.25, 0.3) is 0 Å². The molecule has 2 heterocycles. The van der Waals surface area contributed by atoms with Crippen molar-refractivity contribution in [1.29, 1.82) is 0 Å². The predicted octanol–water partition coefficient (Wildman–Crippen LogP) is 2.03. The summed E-state index contributed by atoms with van der Waals surface area (Å²) in [5, 5.41) is 0. The van der Waals surface area contributed by atoms with E-state index < -0.39 is 0 Å². The number of amides is 2. The molecule has 2 aliphatic rings. The number of likely N-dealkylation sites (tertiary alicyclic amines) is 2. The van der Waals surface area contributed by atoms with Crippen LogP contribution < -0.4 is 0 Å². The number of likely N-dealkylation sites (N-methyl/N-ethyl adjacent to an activating group) is 1. The van der Waals surface area contributed by atoms with E-state index in [9.17, 15) is 9.59 Å². The van der Waals surface area contributed by atoms with E-state index in [1.165, 1.54) is 0 Å². The lowest BCUT2D eigenvalue weighted by Gasteiger charge is -2.43. The van der Waals surface area contributed by atoms with Gasteiger partial charge in [-0.25, -0.2) is 0 Å². The molecule has 24 heavy (non-hydrogen) atoms. The summed E-state index contributed by atoms with van der Waals surface area (Å²) in [5.74, 6) is 0.204. The maximum absolute atomic E-state index is 12.8. The van der Waals surface area contributed by atoms with Crippen molar-refractivity contribution in [3.05, 3.63) is 35.9 Å². The standard InChI is InChI=1S/C19H26N2O3/c1-3-24-14-17(22)21-11-9-19(10-12-21)13-16(18(23)20(19)2)15-7-5-4-6-8-15/h4-8,16H,3,9-14H2,1-2H3/t16-/m1/s1. The van der Waals surface area contributed by atoms with Crippen molar-refractivity contribution in [2.24, 2.45) is 0 Å². The van der Waals surface area contributed by atoms with E-state index in [0.29, 0.717) is 19.7 Å². The van der Waals surface area contributed by atoms with E-state index in [-0.39, 0.29) is 29.9 Å². The molecular formula is C19H26N2O3. The van der Waals surface area contributed by atoms with Crippen molar-refractivity contribution in [3.8, 4) is 0 Å². The summed E-state index contributed by atoms with van der Waals surface area (Å²) in [5.41, 5.74) is 0.987. The van der Waals surface area contributed by atoms with Gasteiger partial charge in [0.25, 0.3) is 0 Å². The molecule has 1 atom stereocenters. The van der Waals surface area contributed by atoms with Crippen LogP contribution in [-0.2, 0) is 14.3 Å². The third-order valence-electron chi connectivity index (χ3n) is 5.60. The number of carbonyl (C=O) groups is 2. The highest BCUT2D eigenvalue weighted by Crippen LogP contribution is 2.44. The average Bonchev–Trinajstić information content (AvgIpc) is 2.86. The SMILES string of the molecule is CCOCC(=O)N1CCC2(CC1)C[C@H](c1ccccc1)C(=O)N2C. The second-order valence-corrected chi connectivity index (χ2v) is 6.81. The Balaban J connectivity index is 1.67. The first-order valence-corrected chi connectivity index (χ1v) is 8.75. The fourth-order valence-electron chi connectivity index (χ4n) is 4.01. The molecule has 0 unspecified atom stereocenters. The Bertz CT molecular complexity index is 594. The number of ether oxygens (including phenoxy) is 1. The van der Waals surface area contributed by atoms with Crippen LogP contribution in [-0.4, -0.2) is 60.5 Å². The van der Waals surface area contributed by atoms with Crippen LogP contribution in [0.4, 0.5) is 0 Å². The Morgan fingerprint density at radius 3 is 2.54 bits per heavy atom. The minimum atomic E-state index is -0.111. The highest BCUT2D eigenvalue weighted by Gasteiger charge is 2.50. The van der Waals surface area contributed by atoms with E-state index in [1.54, 1.807) is 0 Å². The molecule has 5 heteroatoms. The highest BCUT2D eigenvalue weighted by atomic mass is 16.5. The normalized spacial score (nSPS) is 23.1. The first kappa shape index (κ1) is 17.0. The molecule has 2 aliphatic heterocycles. The molecule has 0 radical (unpaired) electrons. The van der Waals surface area contributed by atoms with Crippen LogP contribution >= 0.6 is 0 Å². The Labute approximate surface area is 143 Å². The van der Waals surface area contributed by atoms with E-state index in [1.807, 2.05) is 54.1 Å². The number of nitrogens with zero attached hydrogens (tertiary/aromatic N) is 2. The molecule has 0 bridgehead atoms. The van der Waals surface area contributed by atoms with Crippen molar-refractivity contribution in [2.45, 2.75) is 37.6 Å². The summed E-state index contributed by atoms with van der Waals surface area (Å²) < 4.78 is 5.22. The minimum absolute atomic E-state index is 0.0538. The zero-order chi connectivity index (χ0) is 17.2. The molecule has 0 saturated carbocycles. The lowest BCUT2D eigenvalue weighted by molar-refractivity contribution is -0.139. The Morgan fingerprint density at radius 2 is 1.92 bits per heavy atom. The van der Waals surface area contributed by atoms with Crippen LogP contribution in [0.2, 0.25) is 0 Å². The molecule has 1 spiro atoms. The van der Waals surface area contributed by atoms with Crippen LogP contribution in [0.5, 0.6) is 0 Å². The number of benzene rings is 1. The molecule has 3 rings (SSSR count). The molecule has 130 valence electrons. The summed E-state index contributed by atoms with van der Waals surface area (Å²) in [6.07, 6.45) is 2.53. The topological polar surface area (TPSA) is 49.9 Å². The number of carbonyl (C=O) groups excluding carboxylic acids is 2. The third-order valence-corrected chi connectivity index (χ3v) is 5.60. The number of hydrogen-bond donors (Lipinski definition) is 0. The van der Waals surface area contributed by atoms with Gasteiger partial charge in [0.05, 0.1) is 5.92 Å². The van der Waals surface area contributed by atoms with Crippen LogP contribution in [0.1, 0.15) is 37.7 Å². The fourth-order valence-corrected chi connectivity index (χ4v) is 4.01. The largest absolute Gasteiger partial charge is 0.372 e. The maximum Gasteiger partial charge on any atom is 0.248 e. The van der Waals surface area contributed by atoms with Crippen molar-refractivity contribution in [1.82, 2.24) is 9.80 Å². The van der Waals surface area contributed by atoms with Crippen LogP contribution in [0, 0.1) is 0 Å². The first-order valence-electron chi connectivity index (χ1n) is 8.75. The summed E-state index contributed by atoms with van der Waals surface area (Å²) in [7, 11) is 1.92. The van der Waals surface area contributed by atoms with E-state index in [4.69, 9.17) is 4.74 Å². The van der Waals surface area contributed by atoms with Crippen LogP contribution in [0.3, 0.4) is 0 Å². The Morgan fingerprint density at radius 1 is 1.25 bits per heavy atom. The van der Waals surface area contributed by atoms with Gasteiger partial charge in [0.1, 0.15) is 6.61 Å². The molecule has 0 N–H and O–H groups in total. The summed E-state index contributed by atoms with van der Waals surface area (Å²) in [6, 6.07) is 10.0. The monoisotopic (exact) mass is 330 g/mol. The fraction of sp³-hybridized carbons (Fsp3) is 0.579. The highest BCUT2D eigenvalue weighted by molar-refractivity contribution is 5.87. The second-order valence-electron chi connectivity index (χ2n) is 6.81. The lowest BCUT2D eigenvalue weighted by Crippen LogP contribution is -2.53. The van der Waals surface area contributed by atoms with Gasteiger partial charge in [-0.05, 0) is 31.7 Å². The van der Waals surface area contributed by atoms with Gasteiger partial charge in [0.15, 0.2) is 0 Å². The summed E-state index contributed by atoms with van der Waals surface area (Å²) in [6.45, 7) is 4.00. The second kappa shape index (κ2) is 6.93. The summed E-state index contributed by atoms with van der Waals surface area (Å²) in [4.78, 5) is 28.7. The smallest absolute Gasteiger partial charge is 0.248 e. The molecule has 1 aromatic rings. The van der Waals surface area contributed by atoms with Gasteiger partial charge in [-0.2, -0.15) is 0 Å². The molecule has 5 nitrogen and oxygen atoms in total. The third kappa shape index (κ3) is 3.05. The van der Waals surface area contributed by atoms with Crippen molar-refractivity contribution in [2.75, 3.05) is 33.4 Å². The molecule has 2 saturated heterocycles. The lowest BCUT2D eigenvalue weighted by atomic mass is 9.81. The Kier molecular flexibility index (Phi) is 4.90. The van der Waals surface area contributed by atoms with Gasteiger partial charge < -0.3 is 14.5 Å². The molecule has 0 aliphatic carbocycles. The Hall–Kier alpha value is -1.88. The zero-order valence-corrected chi connectivity index (χ0v) is 14.5.